The van der Waals surface area contributed by atoms with Gasteiger partial charge in [0.2, 0.25) is 5.91 Å². The van der Waals surface area contributed by atoms with Gasteiger partial charge in [0, 0.05) is 17.4 Å². The van der Waals surface area contributed by atoms with Gasteiger partial charge in [-0.05, 0) is 18.2 Å². The predicted molar refractivity (Wildman–Crippen MR) is 71.6 cm³/mol. The van der Waals surface area contributed by atoms with Gasteiger partial charge in [0.05, 0.1) is 5.69 Å². The number of ether oxygens (including phenoxy) is 1. The van der Waals surface area contributed by atoms with E-state index in [0.717, 1.165) is 4.90 Å². The predicted octanol–water partition coefficient (Wildman–Crippen LogP) is 2.46. The number of halogens is 4. The van der Waals surface area contributed by atoms with E-state index in [-0.39, 0.29) is 11.4 Å². The monoisotopic (exact) mass is 387 g/mol. The zero-order valence-electron chi connectivity index (χ0n) is 10.3. The van der Waals surface area contributed by atoms with Crippen LogP contribution in [0.25, 0.3) is 0 Å². The lowest BCUT2D eigenvalue weighted by Gasteiger charge is -2.20. The molecule has 1 heterocycles. The molecule has 0 aliphatic carbocycles. The van der Waals surface area contributed by atoms with Crippen molar-refractivity contribution in [3.05, 3.63) is 22.7 Å². The van der Waals surface area contributed by atoms with Crippen LogP contribution in [-0.4, -0.2) is 32.7 Å². The number of hydrogen-bond acceptors (Lipinski definition) is 4. The van der Waals surface area contributed by atoms with Crippen molar-refractivity contribution in [3.63, 3.8) is 0 Å². The standard InChI is InChI=1S/C11H9BrF3NO4S/c12-6-1-2-8(9(3-6)20-11(13)14)16-5-7(4-10(16)17)21(15,18)19/h1-3,7,11H,4-5H2. The summed E-state index contributed by atoms with van der Waals surface area (Å²) < 4.78 is 64.2. The Morgan fingerprint density at radius 3 is 2.57 bits per heavy atom. The van der Waals surface area contributed by atoms with Crippen LogP contribution in [0.1, 0.15) is 6.42 Å². The van der Waals surface area contributed by atoms with Gasteiger partial charge in [-0.2, -0.15) is 17.2 Å². The molecule has 1 unspecified atom stereocenters. The van der Waals surface area contributed by atoms with Crippen molar-refractivity contribution in [2.75, 3.05) is 11.4 Å². The Hall–Kier alpha value is -1.29. The average Bonchev–Trinajstić information content (AvgIpc) is 2.70. The lowest BCUT2D eigenvalue weighted by molar-refractivity contribution is -0.117. The molecule has 5 nitrogen and oxygen atoms in total. The molecule has 2 rings (SSSR count). The third kappa shape index (κ3) is 3.67. The zero-order chi connectivity index (χ0) is 15.8. The van der Waals surface area contributed by atoms with E-state index in [0.29, 0.717) is 4.47 Å². The first kappa shape index (κ1) is 16.1. The number of amides is 1. The summed E-state index contributed by atoms with van der Waals surface area (Å²) in [5.74, 6) is -0.979. The Morgan fingerprint density at radius 1 is 1.38 bits per heavy atom. The van der Waals surface area contributed by atoms with Gasteiger partial charge >= 0.3 is 16.8 Å². The molecule has 116 valence electrons. The Labute approximate surface area is 127 Å². The van der Waals surface area contributed by atoms with E-state index in [1.807, 2.05) is 0 Å². The van der Waals surface area contributed by atoms with Crippen molar-refractivity contribution < 1.29 is 30.6 Å². The molecular weight excluding hydrogens is 379 g/mol. The molecule has 1 atom stereocenters. The molecule has 1 aliphatic rings. The number of anilines is 1. The molecule has 0 saturated carbocycles. The van der Waals surface area contributed by atoms with E-state index in [4.69, 9.17) is 0 Å². The molecular formula is C11H9BrF3NO4S. The molecule has 1 amide bonds. The van der Waals surface area contributed by atoms with Gasteiger partial charge in [-0.15, -0.1) is 3.89 Å². The molecule has 1 fully saturated rings. The van der Waals surface area contributed by atoms with E-state index < -0.39 is 41.0 Å². The first-order valence-electron chi connectivity index (χ1n) is 5.66. The van der Waals surface area contributed by atoms with Crippen molar-refractivity contribution >= 4 is 37.7 Å². The van der Waals surface area contributed by atoms with Crippen LogP contribution in [-0.2, 0) is 15.0 Å². The van der Waals surface area contributed by atoms with Crippen LogP contribution in [0.5, 0.6) is 5.75 Å². The van der Waals surface area contributed by atoms with E-state index in [1.165, 1.54) is 18.2 Å². The highest BCUT2D eigenvalue weighted by Gasteiger charge is 2.40. The molecule has 1 aromatic carbocycles. The van der Waals surface area contributed by atoms with E-state index in [2.05, 4.69) is 20.7 Å². The van der Waals surface area contributed by atoms with Crippen LogP contribution in [0.4, 0.5) is 18.4 Å². The number of carbonyl (C=O) groups is 1. The highest BCUT2D eigenvalue weighted by molar-refractivity contribution is 9.10. The topological polar surface area (TPSA) is 63.7 Å². The summed E-state index contributed by atoms with van der Waals surface area (Å²) >= 11 is 3.07. The first-order valence-corrected chi connectivity index (χ1v) is 7.90. The summed E-state index contributed by atoms with van der Waals surface area (Å²) in [7, 11) is -4.88. The van der Waals surface area contributed by atoms with Crippen molar-refractivity contribution in [3.8, 4) is 5.75 Å². The third-order valence-corrected chi connectivity index (χ3v) is 4.52. The van der Waals surface area contributed by atoms with E-state index >= 15 is 0 Å². The lowest BCUT2D eigenvalue weighted by Crippen LogP contribution is -2.27. The van der Waals surface area contributed by atoms with Gasteiger partial charge in [-0.3, -0.25) is 4.79 Å². The number of rotatable bonds is 4. The number of carbonyl (C=O) groups excluding carboxylic acids is 1. The van der Waals surface area contributed by atoms with Crippen molar-refractivity contribution in [2.45, 2.75) is 18.3 Å². The van der Waals surface area contributed by atoms with Gasteiger partial charge < -0.3 is 9.64 Å². The maximum absolute atomic E-state index is 13.0. The summed E-state index contributed by atoms with van der Waals surface area (Å²) in [5.41, 5.74) is -0.0327. The SMILES string of the molecule is O=C1CC(S(=O)(=O)F)CN1c1ccc(Br)cc1OC(F)F. The minimum Gasteiger partial charge on any atom is -0.433 e. The number of hydrogen-bond donors (Lipinski definition) is 0. The smallest absolute Gasteiger partial charge is 0.387 e. The van der Waals surface area contributed by atoms with Gasteiger partial charge in [-0.1, -0.05) is 15.9 Å². The minimum atomic E-state index is -4.88. The van der Waals surface area contributed by atoms with E-state index in [1.54, 1.807) is 0 Å². The van der Waals surface area contributed by atoms with Crippen molar-refractivity contribution in [1.29, 1.82) is 0 Å². The van der Waals surface area contributed by atoms with Crippen LogP contribution >= 0.6 is 15.9 Å². The molecule has 0 bridgehead atoms. The van der Waals surface area contributed by atoms with Crippen molar-refractivity contribution in [2.24, 2.45) is 0 Å². The fourth-order valence-corrected chi connectivity index (χ4v) is 3.01. The fraction of sp³-hybridized carbons (Fsp3) is 0.364. The number of benzene rings is 1. The number of alkyl halides is 2. The molecule has 1 saturated heterocycles. The second-order valence-electron chi connectivity index (χ2n) is 4.30. The van der Waals surface area contributed by atoms with Crippen LogP contribution in [0.2, 0.25) is 0 Å². The van der Waals surface area contributed by atoms with Gasteiger partial charge in [0.1, 0.15) is 5.25 Å². The minimum absolute atomic E-state index is 0.0327. The summed E-state index contributed by atoms with van der Waals surface area (Å²) in [6, 6.07) is 4.00. The third-order valence-electron chi connectivity index (χ3n) is 2.92. The first-order chi connectivity index (χ1) is 9.68. The Kier molecular flexibility index (Phi) is 4.47. The highest BCUT2D eigenvalue weighted by Crippen LogP contribution is 2.36. The molecule has 10 heteroatoms. The maximum Gasteiger partial charge on any atom is 0.387 e. The van der Waals surface area contributed by atoms with Crippen LogP contribution in [0.15, 0.2) is 22.7 Å². The van der Waals surface area contributed by atoms with Gasteiger partial charge in [-0.25, -0.2) is 0 Å². The summed E-state index contributed by atoms with van der Waals surface area (Å²) in [6.07, 6.45) is -0.539. The van der Waals surface area contributed by atoms with Crippen LogP contribution < -0.4 is 9.64 Å². The maximum atomic E-state index is 13.0. The average molecular weight is 388 g/mol. The highest BCUT2D eigenvalue weighted by atomic mass is 79.9. The van der Waals surface area contributed by atoms with Gasteiger partial charge in [0.15, 0.2) is 5.75 Å². The molecule has 0 spiro atoms. The summed E-state index contributed by atoms with van der Waals surface area (Å²) in [4.78, 5) is 12.7. The van der Waals surface area contributed by atoms with E-state index in [9.17, 15) is 25.9 Å². The fourth-order valence-electron chi connectivity index (χ4n) is 2.00. The summed E-state index contributed by atoms with van der Waals surface area (Å²) in [5, 5.41) is -1.51. The largest absolute Gasteiger partial charge is 0.433 e. The Bertz CT molecular complexity index is 667. The Balaban J connectivity index is 2.36. The Morgan fingerprint density at radius 2 is 2.05 bits per heavy atom. The molecule has 1 aromatic rings. The molecule has 1 aliphatic heterocycles. The molecule has 0 radical (unpaired) electrons. The molecule has 0 aromatic heterocycles. The molecule has 0 N–H and O–H groups in total. The zero-order valence-corrected chi connectivity index (χ0v) is 12.7. The summed E-state index contributed by atoms with van der Waals surface area (Å²) in [6.45, 7) is -3.56. The lowest BCUT2D eigenvalue weighted by atomic mass is 10.2. The second kappa shape index (κ2) is 5.84. The van der Waals surface area contributed by atoms with Gasteiger partial charge in [0.25, 0.3) is 0 Å². The van der Waals surface area contributed by atoms with Crippen molar-refractivity contribution in [1.82, 2.24) is 0 Å². The normalized spacial score (nSPS) is 19.4. The second-order valence-corrected chi connectivity index (χ2v) is 6.83. The number of nitrogens with zero attached hydrogens (tertiary/aromatic N) is 1. The van der Waals surface area contributed by atoms with Crippen LogP contribution in [0, 0.1) is 0 Å². The molecule has 21 heavy (non-hydrogen) atoms. The van der Waals surface area contributed by atoms with Crippen LogP contribution in [0.3, 0.4) is 0 Å². The quantitative estimate of drug-likeness (QED) is 0.744.